The van der Waals surface area contributed by atoms with Gasteiger partial charge in [0, 0.05) is 43.7 Å². The number of nitrogens with one attached hydrogen (secondary N) is 1. The van der Waals surface area contributed by atoms with Crippen LogP contribution in [0.2, 0.25) is 0 Å². The maximum atomic E-state index is 14.0. The van der Waals surface area contributed by atoms with Gasteiger partial charge in [-0.25, -0.2) is 12.8 Å². The molecule has 1 rings (SSSR count). The second kappa shape index (κ2) is 7.04. The summed E-state index contributed by atoms with van der Waals surface area (Å²) in [6, 6.07) is 5.12. The molecule has 0 saturated heterocycles. The summed E-state index contributed by atoms with van der Waals surface area (Å²) in [6.45, 7) is 4.75. The van der Waals surface area contributed by atoms with Crippen molar-refractivity contribution in [3.8, 4) is 0 Å². The van der Waals surface area contributed by atoms with Gasteiger partial charge in [-0.05, 0) is 12.1 Å². The van der Waals surface area contributed by atoms with E-state index in [1.54, 1.807) is 18.0 Å². The molecule has 0 unspecified atom stereocenters. The van der Waals surface area contributed by atoms with E-state index >= 15 is 0 Å². The van der Waals surface area contributed by atoms with Crippen LogP contribution in [0, 0.1) is 5.82 Å². The molecular weight excluding hydrogens is 279 g/mol. The Labute approximate surface area is 120 Å². The predicted molar refractivity (Wildman–Crippen MR) is 81.4 cm³/mol. The summed E-state index contributed by atoms with van der Waals surface area (Å²) in [5, 5.41) is 3.19. The largest absolute Gasteiger partial charge is 0.373 e. The standard InChI is InChI=1S/C14H23FN2O2S/c1-11(2)16-10-12-13(15)6-5-7-14(12)17(3)8-9-20(4,18)19/h5-7,11,16H,8-10H2,1-4H3. The first-order valence-electron chi connectivity index (χ1n) is 6.60. The average molecular weight is 302 g/mol. The molecule has 0 heterocycles. The molecular formula is C14H23FN2O2S. The van der Waals surface area contributed by atoms with E-state index in [0.717, 1.165) is 5.69 Å². The molecule has 0 aromatic heterocycles. The van der Waals surface area contributed by atoms with Crippen LogP contribution in [0.1, 0.15) is 19.4 Å². The van der Waals surface area contributed by atoms with Gasteiger partial charge in [-0.15, -0.1) is 0 Å². The third-order valence-electron chi connectivity index (χ3n) is 2.99. The number of anilines is 1. The third kappa shape index (κ3) is 5.46. The van der Waals surface area contributed by atoms with E-state index in [0.29, 0.717) is 18.7 Å². The van der Waals surface area contributed by atoms with Crippen LogP contribution in [0.4, 0.5) is 10.1 Å². The van der Waals surface area contributed by atoms with E-state index in [1.807, 2.05) is 19.9 Å². The highest BCUT2D eigenvalue weighted by molar-refractivity contribution is 7.90. The molecule has 0 atom stereocenters. The molecule has 0 aliphatic rings. The van der Waals surface area contributed by atoms with Gasteiger partial charge in [-0.2, -0.15) is 0 Å². The molecule has 1 aromatic rings. The van der Waals surface area contributed by atoms with Crippen molar-refractivity contribution in [3.63, 3.8) is 0 Å². The van der Waals surface area contributed by atoms with E-state index in [2.05, 4.69) is 5.32 Å². The monoisotopic (exact) mass is 302 g/mol. The topological polar surface area (TPSA) is 49.4 Å². The number of halogens is 1. The first kappa shape index (κ1) is 16.9. The average Bonchev–Trinajstić information content (AvgIpc) is 2.33. The fraction of sp³-hybridized carbons (Fsp3) is 0.571. The molecule has 0 bridgehead atoms. The zero-order valence-electron chi connectivity index (χ0n) is 12.5. The summed E-state index contributed by atoms with van der Waals surface area (Å²) in [5.41, 5.74) is 1.29. The summed E-state index contributed by atoms with van der Waals surface area (Å²) < 4.78 is 36.4. The SMILES string of the molecule is CC(C)NCc1c(F)cccc1N(C)CCS(C)(=O)=O. The van der Waals surface area contributed by atoms with Crippen molar-refractivity contribution in [3.05, 3.63) is 29.6 Å². The van der Waals surface area contributed by atoms with Crippen LogP contribution in [0.5, 0.6) is 0 Å². The Morgan fingerprint density at radius 1 is 1.35 bits per heavy atom. The second-order valence-electron chi connectivity index (χ2n) is 5.32. The molecule has 0 spiro atoms. The number of nitrogens with zero attached hydrogens (tertiary/aromatic N) is 1. The first-order valence-corrected chi connectivity index (χ1v) is 8.66. The van der Waals surface area contributed by atoms with Gasteiger partial charge in [0.05, 0.1) is 5.75 Å². The first-order chi connectivity index (χ1) is 9.20. The van der Waals surface area contributed by atoms with Crippen LogP contribution in [0.3, 0.4) is 0 Å². The maximum absolute atomic E-state index is 14.0. The zero-order chi connectivity index (χ0) is 15.3. The number of benzene rings is 1. The van der Waals surface area contributed by atoms with E-state index in [4.69, 9.17) is 0 Å². The van der Waals surface area contributed by atoms with Crippen LogP contribution in [0.15, 0.2) is 18.2 Å². The molecule has 0 aliphatic carbocycles. The van der Waals surface area contributed by atoms with Gasteiger partial charge in [-0.3, -0.25) is 0 Å². The van der Waals surface area contributed by atoms with Crippen LogP contribution >= 0.6 is 0 Å². The van der Waals surface area contributed by atoms with Crippen molar-refractivity contribution in [2.45, 2.75) is 26.4 Å². The van der Waals surface area contributed by atoms with Gasteiger partial charge < -0.3 is 10.2 Å². The normalized spacial score (nSPS) is 11.9. The van der Waals surface area contributed by atoms with E-state index in [1.165, 1.54) is 12.3 Å². The highest BCUT2D eigenvalue weighted by Crippen LogP contribution is 2.22. The lowest BCUT2D eigenvalue weighted by atomic mass is 10.1. The van der Waals surface area contributed by atoms with E-state index in [9.17, 15) is 12.8 Å². The molecule has 6 heteroatoms. The predicted octanol–water partition coefficient (Wildman–Crippen LogP) is 1.80. The Morgan fingerprint density at radius 2 is 2.00 bits per heavy atom. The Bertz CT molecular complexity index is 544. The molecule has 0 amide bonds. The number of hydrogen-bond donors (Lipinski definition) is 1. The Hall–Kier alpha value is -1.14. The van der Waals surface area contributed by atoms with Crippen molar-refractivity contribution in [1.82, 2.24) is 5.32 Å². The zero-order valence-corrected chi connectivity index (χ0v) is 13.3. The van der Waals surface area contributed by atoms with Crippen LogP contribution < -0.4 is 10.2 Å². The quantitative estimate of drug-likeness (QED) is 0.834. The highest BCUT2D eigenvalue weighted by atomic mass is 32.2. The van der Waals surface area contributed by atoms with Gasteiger partial charge in [0.25, 0.3) is 0 Å². The lowest BCUT2D eigenvalue weighted by Gasteiger charge is -2.23. The van der Waals surface area contributed by atoms with Crippen LogP contribution in [-0.4, -0.2) is 40.1 Å². The van der Waals surface area contributed by atoms with E-state index < -0.39 is 9.84 Å². The van der Waals surface area contributed by atoms with Gasteiger partial charge >= 0.3 is 0 Å². The van der Waals surface area contributed by atoms with Crippen molar-refractivity contribution >= 4 is 15.5 Å². The molecule has 1 N–H and O–H groups in total. The molecule has 0 fully saturated rings. The summed E-state index contributed by atoms with van der Waals surface area (Å²) >= 11 is 0. The molecule has 4 nitrogen and oxygen atoms in total. The number of hydrogen-bond acceptors (Lipinski definition) is 4. The number of sulfone groups is 1. The van der Waals surface area contributed by atoms with Gasteiger partial charge in [0.2, 0.25) is 0 Å². The Kier molecular flexibility index (Phi) is 5.95. The van der Waals surface area contributed by atoms with Crippen molar-refractivity contribution in [2.75, 3.05) is 30.5 Å². The lowest BCUT2D eigenvalue weighted by molar-refractivity contribution is 0.552. The molecule has 0 saturated carbocycles. The second-order valence-corrected chi connectivity index (χ2v) is 7.58. The van der Waals surface area contributed by atoms with Gasteiger partial charge in [0.15, 0.2) is 0 Å². The Balaban J connectivity index is 2.90. The minimum atomic E-state index is -3.03. The van der Waals surface area contributed by atoms with Crippen LogP contribution in [0.25, 0.3) is 0 Å². The van der Waals surface area contributed by atoms with Crippen molar-refractivity contribution in [2.24, 2.45) is 0 Å². The molecule has 0 radical (unpaired) electrons. The smallest absolute Gasteiger partial charge is 0.149 e. The van der Waals surface area contributed by atoms with Crippen molar-refractivity contribution < 1.29 is 12.8 Å². The van der Waals surface area contributed by atoms with Crippen LogP contribution in [-0.2, 0) is 16.4 Å². The fourth-order valence-corrected chi connectivity index (χ4v) is 2.41. The summed E-state index contributed by atoms with van der Waals surface area (Å²) in [5.74, 6) is -0.223. The summed E-state index contributed by atoms with van der Waals surface area (Å²) in [6.07, 6.45) is 1.20. The van der Waals surface area contributed by atoms with Crippen molar-refractivity contribution in [1.29, 1.82) is 0 Å². The minimum absolute atomic E-state index is 0.0526. The summed E-state index contributed by atoms with van der Waals surface area (Å²) in [7, 11) is -1.25. The molecule has 20 heavy (non-hydrogen) atoms. The number of rotatable bonds is 7. The molecule has 0 aliphatic heterocycles. The minimum Gasteiger partial charge on any atom is -0.373 e. The highest BCUT2D eigenvalue weighted by Gasteiger charge is 2.13. The third-order valence-corrected chi connectivity index (χ3v) is 3.91. The lowest BCUT2D eigenvalue weighted by Crippen LogP contribution is -2.28. The maximum Gasteiger partial charge on any atom is 0.149 e. The van der Waals surface area contributed by atoms with E-state index in [-0.39, 0.29) is 17.6 Å². The summed E-state index contributed by atoms with van der Waals surface area (Å²) in [4.78, 5) is 1.78. The van der Waals surface area contributed by atoms with Gasteiger partial charge in [0.1, 0.15) is 15.7 Å². The molecule has 114 valence electrons. The Morgan fingerprint density at radius 3 is 2.55 bits per heavy atom. The van der Waals surface area contributed by atoms with Gasteiger partial charge in [-0.1, -0.05) is 19.9 Å². The fourth-order valence-electron chi connectivity index (χ4n) is 1.81. The molecule has 1 aromatic carbocycles.